The fraction of sp³-hybridized carbons (Fsp3) is 0.800. The van der Waals surface area contributed by atoms with Gasteiger partial charge in [0.05, 0.1) is 6.10 Å². The number of rotatable bonds is 2. The molecule has 2 unspecified atom stereocenters. The van der Waals surface area contributed by atoms with Crippen molar-refractivity contribution in [2.75, 3.05) is 7.11 Å². The molecule has 0 amide bonds. The summed E-state index contributed by atoms with van der Waals surface area (Å²) >= 11 is 0. The lowest BCUT2D eigenvalue weighted by Crippen LogP contribution is -2.37. The third-order valence-corrected chi connectivity index (χ3v) is 3.67. The van der Waals surface area contributed by atoms with Gasteiger partial charge >= 0.3 is 0 Å². The molecule has 0 aromatic carbocycles. The van der Waals surface area contributed by atoms with Crippen LogP contribution in [0.5, 0.6) is 0 Å². The van der Waals surface area contributed by atoms with Crippen LogP contribution in [0.25, 0.3) is 0 Å². The number of ketones is 1. The van der Waals surface area contributed by atoms with E-state index < -0.39 is 0 Å². The first kappa shape index (κ1) is 14.4. The van der Waals surface area contributed by atoms with E-state index in [0.29, 0.717) is 5.78 Å². The average molecular weight is 238 g/mol. The first-order valence-corrected chi connectivity index (χ1v) is 6.54. The van der Waals surface area contributed by atoms with E-state index in [1.54, 1.807) is 7.11 Å². The molecule has 0 saturated heterocycles. The second kappa shape index (κ2) is 5.34. The molecule has 0 fully saturated rings. The Morgan fingerprint density at radius 3 is 2.59 bits per heavy atom. The minimum Gasteiger partial charge on any atom is -0.377 e. The van der Waals surface area contributed by atoms with Gasteiger partial charge in [0.1, 0.15) is 5.78 Å². The summed E-state index contributed by atoms with van der Waals surface area (Å²) in [5.41, 5.74) is -0.449. The molecule has 0 aromatic heterocycles. The molecule has 0 aliphatic heterocycles. The number of hydrogen-bond acceptors (Lipinski definition) is 2. The molecular weight excluding hydrogens is 212 g/mol. The van der Waals surface area contributed by atoms with Crippen molar-refractivity contribution in [1.29, 1.82) is 0 Å². The Balaban J connectivity index is 2.81. The maximum Gasteiger partial charge on any atom is 0.144 e. The molecule has 2 atom stereocenters. The summed E-state index contributed by atoms with van der Waals surface area (Å²) in [5.74, 6) is 0.380. The quantitative estimate of drug-likeness (QED) is 0.685. The van der Waals surface area contributed by atoms with Crippen molar-refractivity contribution < 1.29 is 9.53 Å². The van der Waals surface area contributed by atoms with Crippen LogP contribution in [0.3, 0.4) is 0 Å². The van der Waals surface area contributed by atoms with Crippen LogP contribution in [0, 0.1) is 10.8 Å². The van der Waals surface area contributed by atoms with Gasteiger partial charge in [-0.05, 0) is 25.7 Å². The zero-order valence-electron chi connectivity index (χ0n) is 11.9. The lowest BCUT2D eigenvalue weighted by Gasteiger charge is -2.34. The van der Waals surface area contributed by atoms with Crippen LogP contribution in [0.1, 0.15) is 53.4 Å². The first-order valence-electron chi connectivity index (χ1n) is 6.54. The zero-order chi connectivity index (χ0) is 13.1. The molecular formula is C15H26O2. The van der Waals surface area contributed by atoms with Gasteiger partial charge in [0.2, 0.25) is 0 Å². The molecule has 0 N–H and O–H groups in total. The molecule has 0 radical (unpaired) electrons. The van der Waals surface area contributed by atoms with Gasteiger partial charge in [-0.3, -0.25) is 4.79 Å². The fourth-order valence-electron chi connectivity index (χ4n) is 2.68. The standard InChI is InChI=1S/C15H26O2/c1-14(2,3)13(16)15(4)10-6-8-12(17-5)9-7-11-15/h6,8,12H,7,9-11H2,1-5H3/b8-6+. The summed E-state index contributed by atoms with van der Waals surface area (Å²) in [6, 6.07) is 0. The Morgan fingerprint density at radius 2 is 2.06 bits per heavy atom. The van der Waals surface area contributed by atoms with Crippen molar-refractivity contribution in [3.63, 3.8) is 0 Å². The molecule has 17 heavy (non-hydrogen) atoms. The highest BCUT2D eigenvalue weighted by atomic mass is 16.5. The Kier molecular flexibility index (Phi) is 4.54. The van der Waals surface area contributed by atoms with E-state index >= 15 is 0 Å². The van der Waals surface area contributed by atoms with Gasteiger partial charge in [0, 0.05) is 17.9 Å². The molecule has 0 spiro atoms. The normalized spacial score (nSPS) is 32.6. The number of carbonyl (C=O) groups excluding carboxylic acids is 1. The topological polar surface area (TPSA) is 26.3 Å². The summed E-state index contributed by atoms with van der Waals surface area (Å²) in [5, 5.41) is 0. The van der Waals surface area contributed by atoms with Crippen LogP contribution in [0.2, 0.25) is 0 Å². The average Bonchev–Trinajstić information content (AvgIpc) is 2.21. The second-order valence-electron chi connectivity index (χ2n) is 6.44. The summed E-state index contributed by atoms with van der Waals surface area (Å²) in [6.45, 7) is 8.15. The Labute approximate surface area is 105 Å². The third kappa shape index (κ3) is 3.67. The highest BCUT2D eigenvalue weighted by Gasteiger charge is 2.38. The number of carbonyl (C=O) groups is 1. The Bertz CT molecular complexity index is 299. The van der Waals surface area contributed by atoms with Crippen LogP contribution in [0.15, 0.2) is 12.2 Å². The van der Waals surface area contributed by atoms with E-state index in [-0.39, 0.29) is 16.9 Å². The Morgan fingerprint density at radius 1 is 1.41 bits per heavy atom. The van der Waals surface area contributed by atoms with Crippen LogP contribution < -0.4 is 0 Å². The predicted octanol–water partition coefficient (Wildman–Crippen LogP) is 3.75. The summed E-state index contributed by atoms with van der Waals surface area (Å²) < 4.78 is 5.35. The van der Waals surface area contributed by atoms with Crippen molar-refractivity contribution in [1.82, 2.24) is 0 Å². The van der Waals surface area contributed by atoms with Gasteiger partial charge < -0.3 is 4.74 Å². The zero-order valence-corrected chi connectivity index (χ0v) is 11.9. The number of allylic oxidation sites excluding steroid dienone is 1. The minimum absolute atomic E-state index is 0.201. The van der Waals surface area contributed by atoms with E-state index in [1.807, 2.05) is 20.8 Å². The predicted molar refractivity (Wildman–Crippen MR) is 71.0 cm³/mol. The number of Topliss-reactive ketones (excluding diaryl/α,β-unsaturated/α-hetero) is 1. The summed E-state index contributed by atoms with van der Waals surface area (Å²) in [4.78, 5) is 12.5. The Hall–Kier alpha value is -0.630. The first-order chi connectivity index (χ1) is 7.79. The van der Waals surface area contributed by atoms with Crippen LogP contribution in [-0.2, 0) is 9.53 Å². The molecule has 1 rings (SSSR count). The maximum atomic E-state index is 12.5. The van der Waals surface area contributed by atoms with Crippen LogP contribution in [-0.4, -0.2) is 19.0 Å². The molecule has 1 aliphatic rings. The lowest BCUT2D eigenvalue weighted by atomic mass is 9.68. The van der Waals surface area contributed by atoms with Crippen molar-refractivity contribution in [3.8, 4) is 0 Å². The molecule has 2 nitrogen and oxygen atoms in total. The molecule has 0 aromatic rings. The molecule has 0 bridgehead atoms. The number of methoxy groups -OCH3 is 1. The van der Waals surface area contributed by atoms with Crippen molar-refractivity contribution >= 4 is 5.78 Å². The van der Waals surface area contributed by atoms with E-state index in [0.717, 1.165) is 25.7 Å². The highest BCUT2D eigenvalue weighted by Crippen LogP contribution is 2.38. The number of ether oxygens (including phenoxy) is 1. The second-order valence-corrected chi connectivity index (χ2v) is 6.44. The SMILES string of the molecule is COC1/C=C/CC(C)(C(=O)C(C)(C)C)CCC1. The van der Waals surface area contributed by atoms with E-state index in [9.17, 15) is 4.79 Å². The monoisotopic (exact) mass is 238 g/mol. The van der Waals surface area contributed by atoms with Crippen LogP contribution >= 0.6 is 0 Å². The smallest absolute Gasteiger partial charge is 0.144 e. The van der Waals surface area contributed by atoms with Crippen molar-refractivity contribution in [3.05, 3.63) is 12.2 Å². The fourth-order valence-corrected chi connectivity index (χ4v) is 2.68. The lowest BCUT2D eigenvalue weighted by molar-refractivity contribution is -0.136. The van der Waals surface area contributed by atoms with Gasteiger partial charge in [-0.15, -0.1) is 0 Å². The van der Waals surface area contributed by atoms with E-state index in [2.05, 4.69) is 19.1 Å². The van der Waals surface area contributed by atoms with Crippen molar-refractivity contribution in [2.45, 2.75) is 59.5 Å². The third-order valence-electron chi connectivity index (χ3n) is 3.67. The van der Waals surface area contributed by atoms with Gasteiger partial charge in [-0.25, -0.2) is 0 Å². The maximum absolute atomic E-state index is 12.5. The molecule has 2 heteroatoms. The van der Waals surface area contributed by atoms with Gasteiger partial charge in [-0.2, -0.15) is 0 Å². The van der Waals surface area contributed by atoms with Gasteiger partial charge in [0.15, 0.2) is 0 Å². The summed E-state index contributed by atoms with van der Waals surface area (Å²) in [6.07, 6.45) is 8.33. The number of hydrogen-bond donors (Lipinski definition) is 0. The van der Waals surface area contributed by atoms with Gasteiger partial charge in [-0.1, -0.05) is 39.8 Å². The molecule has 1 aliphatic carbocycles. The minimum atomic E-state index is -0.248. The molecule has 98 valence electrons. The van der Waals surface area contributed by atoms with Crippen molar-refractivity contribution in [2.24, 2.45) is 10.8 Å². The van der Waals surface area contributed by atoms with E-state index in [4.69, 9.17) is 4.74 Å². The summed E-state index contributed by atoms with van der Waals surface area (Å²) in [7, 11) is 1.75. The van der Waals surface area contributed by atoms with Crippen LogP contribution in [0.4, 0.5) is 0 Å². The molecule has 0 saturated carbocycles. The van der Waals surface area contributed by atoms with E-state index in [1.165, 1.54) is 0 Å². The highest BCUT2D eigenvalue weighted by molar-refractivity contribution is 5.89. The van der Waals surface area contributed by atoms with Gasteiger partial charge in [0.25, 0.3) is 0 Å². The molecule has 0 heterocycles. The largest absolute Gasteiger partial charge is 0.377 e.